The Labute approximate surface area is 159 Å². The summed E-state index contributed by atoms with van der Waals surface area (Å²) in [6.07, 6.45) is -10.7. The summed E-state index contributed by atoms with van der Waals surface area (Å²) in [4.78, 5) is 23.3. The fourth-order valence-corrected chi connectivity index (χ4v) is 2.65. The average molecular weight is 408 g/mol. The Kier molecular flexibility index (Phi) is 7.57. The van der Waals surface area contributed by atoms with Crippen molar-refractivity contribution in [1.82, 2.24) is 0 Å². The molecule has 12 heteroatoms. The molecule has 2 rings (SSSR count). The van der Waals surface area contributed by atoms with Crippen LogP contribution in [0.15, 0.2) is 11.5 Å². The Hall–Kier alpha value is -1.96. The van der Waals surface area contributed by atoms with Gasteiger partial charge in [0.05, 0.1) is 6.61 Å². The van der Waals surface area contributed by atoms with Crippen molar-refractivity contribution in [2.75, 3.05) is 13.2 Å². The molecule has 0 radical (unpaired) electrons. The molecule has 2 heterocycles. The summed E-state index contributed by atoms with van der Waals surface area (Å²) in [5.74, 6) is -3.40. The minimum atomic E-state index is -1.81. The van der Waals surface area contributed by atoms with E-state index in [4.69, 9.17) is 24.1 Å². The SMILES string of the molecule is CCCC(=O)OC[C@H](O)[C@H]1OC(=O)C(O[C@@H]2O[C@H](CO)[C@@H](O)[C@H](O)[C@H]2O)=C1O. The number of rotatable bonds is 8. The first-order valence-electron chi connectivity index (χ1n) is 8.66. The Balaban J connectivity index is 2.05. The molecular formula is C16H24O12. The van der Waals surface area contributed by atoms with Crippen molar-refractivity contribution in [1.29, 1.82) is 0 Å². The molecule has 0 bridgehead atoms. The van der Waals surface area contributed by atoms with E-state index in [9.17, 15) is 35.1 Å². The Morgan fingerprint density at radius 3 is 2.50 bits per heavy atom. The molecule has 28 heavy (non-hydrogen) atoms. The van der Waals surface area contributed by atoms with Crippen LogP contribution in [0.4, 0.5) is 0 Å². The fraction of sp³-hybridized carbons (Fsp3) is 0.750. The number of aliphatic hydroxyl groups excluding tert-OH is 6. The second-order valence-electron chi connectivity index (χ2n) is 6.36. The molecule has 160 valence electrons. The van der Waals surface area contributed by atoms with Crippen LogP contribution in [0.25, 0.3) is 0 Å². The minimum Gasteiger partial charge on any atom is -0.505 e. The largest absolute Gasteiger partial charge is 0.505 e. The third-order valence-corrected chi connectivity index (χ3v) is 4.22. The molecule has 2 aliphatic heterocycles. The predicted molar refractivity (Wildman–Crippen MR) is 86.3 cm³/mol. The number of hydrogen-bond donors (Lipinski definition) is 6. The van der Waals surface area contributed by atoms with Crippen LogP contribution in [0.2, 0.25) is 0 Å². The van der Waals surface area contributed by atoms with E-state index in [0.29, 0.717) is 6.42 Å². The van der Waals surface area contributed by atoms with E-state index in [0.717, 1.165) is 0 Å². The van der Waals surface area contributed by atoms with Crippen LogP contribution >= 0.6 is 0 Å². The first kappa shape index (κ1) is 22.3. The van der Waals surface area contributed by atoms with Gasteiger partial charge in [0.2, 0.25) is 12.0 Å². The lowest BCUT2D eigenvalue weighted by atomic mass is 9.99. The molecule has 0 aromatic rings. The Bertz CT molecular complexity index is 602. The van der Waals surface area contributed by atoms with E-state index < -0.39 is 79.6 Å². The van der Waals surface area contributed by atoms with Crippen LogP contribution in [0.3, 0.4) is 0 Å². The topological polar surface area (TPSA) is 192 Å². The van der Waals surface area contributed by atoms with Crippen molar-refractivity contribution in [2.45, 2.75) is 62.7 Å². The highest BCUT2D eigenvalue weighted by Crippen LogP contribution is 2.29. The second-order valence-corrected chi connectivity index (χ2v) is 6.36. The highest BCUT2D eigenvalue weighted by Gasteiger charge is 2.48. The van der Waals surface area contributed by atoms with Gasteiger partial charge in [-0.05, 0) is 6.42 Å². The normalized spacial score (nSPS) is 34.1. The van der Waals surface area contributed by atoms with E-state index in [2.05, 4.69) is 0 Å². The van der Waals surface area contributed by atoms with E-state index >= 15 is 0 Å². The quantitative estimate of drug-likeness (QED) is 0.226. The number of aliphatic hydroxyl groups is 6. The summed E-state index contributed by atoms with van der Waals surface area (Å²) in [7, 11) is 0. The molecule has 1 fully saturated rings. The van der Waals surface area contributed by atoms with E-state index in [1.165, 1.54) is 0 Å². The maximum absolute atomic E-state index is 11.9. The zero-order valence-electron chi connectivity index (χ0n) is 15.0. The van der Waals surface area contributed by atoms with Gasteiger partial charge >= 0.3 is 11.9 Å². The second kappa shape index (κ2) is 9.49. The lowest BCUT2D eigenvalue weighted by Crippen LogP contribution is -2.59. The predicted octanol–water partition coefficient (Wildman–Crippen LogP) is -2.80. The highest BCUT2D eigenvalue weighted by atomic mass is 16.7. The van der Waals surface area contributed by atoms with Crippen LogP contribution in [-0.2, 0) is 28.5 Å². The molecule has 7 atom stereocenters. The van der Waals surface area contributed by atoms with Gasteiger partial charge in [-0.2, -0.15) is 0 Å². The summed E-state index contributed by atoms with van der Waals surface area (Å²) in [6.45, 7) is 0.493. The zero-order valence-corrected chi connectivity index (χ0v) is 15.0. The standard InChI is InChI=1S/C16H24O12/c1-2-3-8(19)25-5-6(18)13-12(23)14(15(24)27-13)28-16-11(22)10(21)9(20)7(4-17)26-16/h6-7,9-11,13,16-18,20-23H,2-5H2,1H3/t6-,7+,9+,10-,11+,13+,16-/m0/s1. The number of ether oxygens (including phenoxy) is 4. The molecule has 0 spiro atoms. The molecule has 6 N–H and O–H groups in total. The van der Waals surface area contributed by atoms with Gasteiger partial charge in [0, 0.05) is 6.42 Å². The summed E-state index contributed by atoms with van der Waals surface area (Å²) in [5, 5.41) is 58.6. The van der Waals surface area contributed by atoms with Crippen molar-refractivity contribution in [2.24, 2.45) is 0 Å². The van der Waals surface area contributed by atoms with E-state index in [-0.39, 0.29) is 6.42 Å². The zero-order chi connectivity index (χ0) is 21.0. The molecule has 0 saturated carbocycles. The monoisotopic (exact) mass is 408 g/mol. The fourth-order valence-electron chi connectivity index (χ4n) is 2.65. The molecule has 2 aliphatic rings. The van der Waals surface area contributed by atoms with Gasteiger partial charge in [-0.25, -0.2) is 4.79 Å². The number of cyclic esters (lactones) is 1. The van der Waals surface area contributed by atoms with E-state index in [1.54, 1.807) is 6.92 Å². The minimum absolute atomic E-state index is 0.129. The Morgan fingerprint density at radius 2 is 1.89 bits per heavy atom. The molecule has 1 saturated heterocycles. The van der Waals surface area contributed by atoms with Gasteiger partial charge in [0.15, 0.2) is 11.9 Å². The summed E-state index contributed by atoms with van der Waals surface area (Å²) in [6, 6.07) is 0. The molecule has 0 aliphatic carbocycles. The van der Waals surface area contributed by atoms with Crippen LogP contribution in [0.5, 0.6) is 0 Å². The number of hydrogen-bond acceptors (Lipinski definition) is 12. The molecule has 0 aromatic carbocycles. The average Bonchev–Trinajstić information content (AvgIpc) is 2.94. The first-order chi connectivity index (χ1) is 13.2. The summed E-state index contributed by atoms with van der Waals surface area (Å²) in [5.41, 5.74) is 0. The molecule has 12 nitrogen and oxygen atoms in total. The van der Waals surface area contributed by atoms with Crippen LogP contribution in [-0.4, -0.2) is 98.7 Å². The van der Waals surface area contributed by atoms with E-state index in [1.807, 2.05) is 0 Å². The molecular weight excluding hydrogens is 384 g/mol. The van der Waals surface area contributed by atoms with Crippen molar-refractivity contribution >= 4 is 11.9 Å². The maximum Gasteiger partial charge on any atom is 0.378 e. The first-order valence-corrected chi connectivity index (χ1v) is 8.66. The number of carbonyl (C=O) groups is 2. The van der Waals surface area contributed by atoms with Crippen molar-refractivity contribution in [3.63, 3.8) is 0 Å². The third-order valence-electron chi connectivity index (χ3n) is 4.22. The van der Waals surface area contributed by atoms with Crippen LogP contribution in [0, 0.1) is 0 Å². The van der Waals surface area contributed by atoms with Gasteiger partial charge in [-0.3, -0.25) is 4.79 Å². The highest BCUT2D eigenvalue weighted by molar-refractivity contribution is 5.89. The number of carbonyl (C=O) groups excluding carboxylic acids is 2. The van der Waals surface area contributed by atoms with Gasteiger partial charge in [-0.15, -0.1) is 0 Å². The van der Waals surface area contributed by atoms with Gasteiger partial charge in [0.25, 0.3) is 0 Å². The lowest BCUT2D eigenvalue weighted by molar-refractivity contribution is -0.291. The van der Waals surface area contributed by atoms with Crippen LogP contribution in [0.1, 0.15) is 19.8 Å². The number of esters is 2. The smallest absolute Gasteiger partial charge is 0.378 e. The Morgan fingerprint density at radius 1 is 1.21 bits per heavy atom. The molecule has 0 aromatic heterocycles. The summed E-state index contributed by atoms with van der Waals surface area (Å²) < 4.78 is 19.7. The van der Waals surface area contributed by atoms with Gasteiger partial charge in [-0.1, -0.05) is 6.92 Å². The van der Waals surface area contributed by atoms with Crippen molar-refractivity contribution < 1.29 is 59.2 Å². The lowest BCUT2D eigenvalue weighted by Gasteiger charge is -2.39. The van der Waals surface area contributed by atoms with Gasteiger partial charge in [0.1, 0.15) is 37.1 Å². The van der Waals surface area contributed by atoms with Crippen molar-refractivity contribution in [3.05, 3.63) is 11.5 Å². The molecule has 0 unspecified atom stereocenters. The maximum atomic E-state index is 11.9. The molecule has 0 amide bonds. The van der Waals surface area contributed by atoms with Crippen LogP contribution < -0.4 is 0 Å². The van der Waals surface area contributed by atoms with Crippen molar-refractivity contribution in [3.8, 4) is 0 Å². The third kappa shape index (κ3) is 4.71. The van der Waals surface area contributed by atoms with Gasteiger partial charge < -0.3 is 49.6 Å². The summed E-state index contributed by atoms with van der Waals surface area (Å²) >= 11 is 0.